The standard InChI is InChI=1S/C17H29N3O5S.HI/c1-17(2,3)26(21,22)9-8-19-16(18-4)20-12-10-13(23-5)15(25-7)14(11-12)24-6;/h10-11H,8-9H2,1-7H3,(H2,18,19,20);1H. The molecule has 156 valence electrons. The third kappa shape index (κ3) is 6.91. The van der Waals surface area contributed by atoms with E-state index < -0.39 is 14.6 Å². The van der Waals surface area contributed by atoms with Gasteiger partial charge in [-0.15, -0.1) is 24.0 Å². The normalized spacial score (nSPS) is 12.0. The van der Waals surface area contributed by atoms with Crippen LogP contribution in [0.25, 0.3) is 0 Å². The van der Waals surface area contributed by atoms with Crippen LogP contribution in [0.2, 0.25) is 0 Å². The second kappa shape index (κ2) is 10.8. The number of guanidine groups is 1. The molecule has 0 aliphatic rings. The molecule has 10 heteroatoms. The summed E-state index contributed by atoms with van der Waals surface area (Å²) in [7, 11) is 2.99. The van der Waals surface area contributed by atoms with Crippen molar-refractivity contribution in [2.24, 2.45) is 4.99 Å². The molecule has 0 fully saturated rings. The summed E-state index contributed by atoms with van der Waals surface area (Å²) < 4.78 is 39.5. The van der Waals surface area contributed by atoms with Crippen molar-refractivity contribution < 1.29 is 22.6 Å². The van der Waals surface area contributed by atoms with Crippen LogP contribution in [0.15, 0.2) is 17.1 Å². The lowest BCUT2D eigenvalue weighted by Gasteiger charge is -2.20. The predicted octanol–water partition coefficient (Wildman–Crippen LogP) is 2.53. The molecule has 0 aliphatic heterocycles. The van der Waals surface area contributed by atoms with E-state index in [0.717, 1.165) is 0 Å². The Hall–Kier alpha value is -1.43. The van der Waals surface area contributed by atoms with Crippen LogP contribution in [0.4, 0.5) is 5.69 Å². The number of ether oxygens (including phenoxy) is 3. The Bertz CT molecular complexity index is 720. The van der Waals surface area contributed by atoms with E-state index in [9.17, 15) is 8.42 Å². The van der Waals surface area contributed by atoms with E-state index in [4.69, 9.17) is 14.2 Å². The van der Waals surface area contributed by atoms with Gasteiger partial charge in [0.05, 0.1) is 31.8 Å². The minimum absolute atomic E-state index is 0. The van der Waals surface area contributed by atoms with Crippen molar-refractivity contribution in [2.75, 3.05) is 46.0 Å². The highest BCUT2D eigenvalue weighted by Gasteiger charge is 2.28. The highest BCUT2D eigenvalue weighted by molar-refractivity contribution is 14.0. The summed E-state index contributed by atoms with van der Waals surface area (Å²) in [6, 6.07) is 3.47. The molecule has 1 rings (SSSR count). The molecule has 8 nitrogen and oxygen atoms in total. The summed E-state index contributed by atoms with van der Waals surface area (Å²) in [5.74, 6) is 1.93. The number of nitrogens with one attached hydrogen (secondary N) is 2. The van der Waals surface area contributed by atoms with Gasteiger partial charge in [0.15, 0.2) is 27.3 Å². The van der Waals surface area contributed by atoms with Gasteiger partial charge in [-0.3, -0.25) is 4.99 Å². The van der Waals surface area contributed by atoms with E-state index in [1.807, 2.05) is 0 Å². The van der Waals surface area contributed by atoms with Crippen molar-refractivity contribution in [1.29, 1.82) is 0 Å². The number of sulfone groups is 1. The largest absolute Gasteiger partial charge is 0.493 e. The van der Waals surface area contributed by atoms with Crippen LogP contribution in [-0.4, -0.2) is 59.8 Å². The topological polar surface area (TPSA) is 98.3 Å². The summed E-state index contributed by atoms with van der Waals surface area (Å²) in [6.45, 7) is 5.30. The van der Waals surface area contributed by atoms with Crippen molar-refractivity contribution in [3.8, 4) is 17.2 Å². The van der Waals surface area contributed by atoms with E-state index in [1.54, 1.807) is 40.0 Å². The molecule has 1 aromatic rings. The molecule has 0 unspecified atom stereocenters. The lowest BCUT2D eigenvalue weighted by Crippen LogP contribution is -2.38. The first-order valence-electron chi connectivity index (χ1n) is 8.09. The summed E-state index contributed by atoms with van der Waals surface area (Å²) in [4.78, 5) is 4.11. The maximum atomic E-state index is 12.2. The smallest absolute Gasteiger partial charge is 0.203 e. The van der Waals surface area contributed by atoms with Gasteiger partial charge in [0, 0.05) is 31.4 Å². The molecule has 0 amide bonds. The molecular weight excluding hydrogens is 485 g/mol. The molecule has 0 radical (unpaired) electrons. The van der Waals surface area contributed by atoms with Crippen molar-refractivity contribution in [3.63, 3.8) is 0 Å². The Labute approximate surface area is 179 Å². The number of methoxy groups -OCH3 is 3. The fourth-order valence-electron chi connectivity index (χ4n) is 2.08. The van der Waals surface area contributed by atoms with E-state index in [-0.39, 0.29) is 36.3 Å². The lowest BCUT2D eigenvalue weighted by atomic mass is 10.2. The third-order valence-corrected chi connectivity index (χ3v) is 6.35. The lowest BCUT2D eigenvalue weighted by molar-refractivity contribution is 0.324. The number of rotatable bonds is 7. The maximum absolute atomic E-state index is 12.2. The van der Waals surface area contributed by atoms with E-state index >= 15 is 0 Å². The van der Waals surface area contributed by atoms with Crippen LogP contribution in [0, 0.1) is 0 Å². The zero-order valence-corrected chi connectivity index (χ0v) is 20.0. The Balaban J connectivity index is 0.00000676. The maximum Gasteiger partial charge on any atom is 0.203 e. The highest BCUT2D eigenvalue weighted by atomic mass is 127. The molecule has 2 N–H and O–H groups in total. The molecule has 0 spiro atoms. The van der Waals surface area contributed by atoms with Crippen LogP contribution < -0.4 is 24.8 Å². The fourth-order valence-corrected chi connectivity index (χ4v) is 3.06. The van der Waals surface area contributed by atoms with E-state index in [0.29, 0.717) is 28.9 Å². The number of anilines is 1. The molecule has 0 saturated heterocycles. The van der Waals surface area contributed by atoms with Gasteiger partial charge in [-0.2, -0.15) is 0 Å². The van der Waals surface area contributed by atoms with Gasteiger partial charge < -0.3 is 24.8 Å². The van der Waals surface area contributed by atoms with Gasteiger partial charge in [0.2, 0.25) is 5.75 Å². The summed E-state index contributed by atoms with van der Waals surface area (Å²) in [5.41, 5.74) is 0.659. The molecule has 0 heterocycles. The fraction of sp³-hybridized carbons (Fsp3) is 0.588. The molecule has 27 heavy (non-hydrogen) atoms. The van der Waals surface area contributed by atoms with E-state index in [2.05, 4.69) is 15.6 Å². The minimum atomic E-state index is -3.21. The Morgan fingerprint density at radius 3 is 1.96 bits per heavy atom. The minimum Gasteiger partial charge on any atom is -0.493 e. The number of halogens is 1. The first-order valence-corrected chi connectivity index (χ1v) is 9.74. The highest BCUT2D eigenvalue weighted by Crippen LogP contribution is 2.39. The van der Waals surface area contributed by atoms with Gasteiger partial charge in [0.1, 0.15) is 0 Å². The zero-order chi connectivity index (χ0) is 20.0. The number of hydrogen-bond acceptors (Lipinski definition) is 6. The second-order valence-corrected chi connectivity index (χ2v) is 9.33. The summed E-state index contributed by atoms with van der Waals surface area (Å²) in [6.07, 6.45) is 0. The molecule has 0 aromatic heterocycles. The average molecular weight is 515 g/mol. The van der Waals surface area contributed by atoms with Gasteiger partial charge >= 0.3 is 0 Å². The van der Waals surface area contributed by atoms with Crippen LogP contribution in [0.1, 0.15) is 20.8 Å². The quantitative estimate of drug-likeness (QED) is 0.327. The van der Waals surface area contributed by atoms with Crippen LogP contribution >= 0.6 is 24.0 Å². The SMILES string of the molecule is CN=C(NCCS(=O)(=O)C(C)(C)C)Nc1cc(OC)c(OC)c(OC)c1.I. The van der Waals surface area contributed by atoms with Crippen LogP contribution in [-0.2, 0) is 9.84 Å². The van der Waals surface area contributed by atoms with Crippen LogP contribution in [0.3, 0.4) is 0 Å². The zero-order valence-electron chi connectivity index (χ0n) is 16.9. The summed E-state index contributed by atoms with van der Waals surface area (Å²) in [5, 5.41) is 6.08. The van der Waals surface area contributed by atoms with Crippen LogP contribution in [0.5, 0.6) is 17.2 Å². The Morgan fingerprint density at radius 1 is 1.07 bits per heavy atom. The molecule has 0 bridgehead atoms. The van der Waals surface area contributed by atoms with Crippen molar-refractivity contribution in [1.82, 2.24) is 5.32 Å². The van der Waals surface area contributed by atoms with Gasteiger partial charge in [-0.1, -0.05) is 0 Å². The summed E-state index contributed by atoms with van der Waals surface area (Å²) >= 11 is 0. The second-order valence-electron chi connectivity index (χ2n) is 6.47. The predicted molar refractivity (Wildman–Crippen MR) is 120 cm³/mol. The molecule has 0 aliphatic carbocycles. The molecule has 0 saturated carbocycles. The average Bonchev–Trinajstić information content (AvgIpc) is 2.58. The third-order valence-electron chi connectivity index (χ3n) is 3.75. The molecule has 0 atom stereocenters. The number of nitrogens with zero attached hydrogens (tertiary/aromatic N) is 1. The molecular formula is C17H30IN3O5S. The monoisotopic (exact) mass is 515 g/mol. The first kappa shape index (κ1) is 25.6. The Kier molecular flexibility index (Phi) is 10.2. The van der Waals surface area contributed by atoms with Crippen molar-refractivity contribution in [2.45, 2.75) is 25.5 Å². The Morgan fingerprint density at radius 2 is 1.59 bits per heavy atom. The first-order chi connectivity index (χ1) is 12.1. The van der Waals surface area contributed by atoms with Gasteiger partial charge in [0.25, 0.3) is 0 Å². The van der Waals surface area contributed by atoms with Gasteiger partial charge in [-0.05, 0) is 20.8 Å². The van der Waals surface area contributed by atoms with Gasteiger partial charge in [-0.25, -0.2) is 8.42 Å². The molecule has 1 aromatic carbocycles. The number of hydrogen-bond donors (Lipinski definition) is 2. The number of benzene rings is 1. The van der Waals surface area contributed by atoms with E-state index in [1.165, 1.54) is 21.3 Å². The van der Waals surface area contributed by atoms with Crippen molar-refractivity contribution in [3.05, 3.63) is 12.1 Å². The number of aliphatic imine (C=N–C) groups is 1. The van der Waals surface area contributed by atoms with Crippen molar-refractivity contribution >= 4 is 45.5 Å².